The van der Waals surface area contributed by atoms with Crippen LogP contribution in [0.2, 0.25) is 0 Å². The molecule has 1 heterocycles. The lowest BCUT2D eigenvalue weighted by Gasteiger charge is -2.21. The first-order chi connectivity index (χ1) is 6.27. The lowest BCUT2D eigenvalue weighted by Crippen LogP contribution is -2.18. The molecule has 0 atom stereocenters. The monoisotopic (exact) mass is 179 g/mol. The fourth-order valence-electron chi connectivity index (χ4n) is 2.00. The largest absolute Gasteiger partial charge is 0.477 e. The summed E-state index contributed by atoms with van der Waals surface area (Å²) in [5, 5.41) is 8.78. The molecule has 3 heteroatoms. The Morgan fingerprint density at radius 2 is 1.92 bits per heavy atom. The van der Waals surface area contributed by atoms with Crippen LogP contribution in [0, 0.1) is 0 Å². The van der Waals surface area contributed by atoms with Gasteiger partial charge in [-0.05, 0) is 37.7 Å². The second-order valence-electron chi connectivity index (χ2n) is 3.62. The van der Waals surface area contributed by atoms with Crippen molar-refractivity contribution in [3.63, 3.8) is 0 Å². The highest BCUT2D eigenvalue weighted by Crippen LogP contribution is 2.31. The SMILES string of the molecule is O=C(O)C1=NC2=C(CCCC2)CC1. The molecule has 0 bridgehead atoms. The number of carboxylic acids is 1. The Kier molecular flexibility index (Phi) is 2.17. The van der Waals surface area contributed by atoms with Gasteiger partial charge in [0.25, 0.3) is 0 Å². The van der Waals surface area contributed by atoms with Crippen molar-refractivity contribution in [2.45, 2.75) is 38.5 Å². The van der Waals surface area contributed by atoms with Crippen molar-refractivity contribution in [2.24, 2.45) is 4.99 Å². The van der Waals surface area contributed by atoms with Gasteiger partial charge in [0.1, 0.15) is 5.71 Å². The molecule has 0 radical (unpaired) electrons. The number of hydrogen-bond acceptors (Lipinski definition) is 2. The lowest BCUT2D eigenvalue weighted by atomic mass is 9.90. The highest BCUT2D eigenvalue weighted by molar-refractivity contribution is 6.36. The topological polar surface area (TPSA) is 49.7 Å². The van der Waals surface area contributed by atoms with Crippen LogP contribution in [0.25, 0.3) is 0 Å². The Morgan fingerprint density at radius 1 is 1.15 bits per heavy atom. The minimum Gasteiger partial charge on any atom is -0.477 e. The maximum absolute atomic E-state index is 10.7. The molecule has 70 valence electrons. The number of aliphatic imine (C=N–C) groups is 1. The van der Waals surface area contributed by atoms with E-state index in [-0.39, 0.29) is 0 Å². The van der Waals surface area contributed by atoms with Gasteiger partial charge in [-0.25, -0.2) is 4.79 Å². The second kappa shape index (κ2) is 3.32. The van der Waals surface area contributed by atoms with E-state index < -0.39 is 5.97 Å². The third-order valence-electron chi connectivity index (χ3n) is 2.73. The molecule has 0 saturated heterocycles. The molecule has 0 spiro atoms. The van der Waals surface area contributed by atoms with Gasteiger partial charge in [-0.15, -0.1) is 0 Å². The number of carboxylic acid groups (broad SMARTS) is 1. The number of allylic oxidation sites excluding steroid dienone is 2. The average molecular weight is 179 g/mol. The standard InChI is InChI=1S/C10H13NO2/c12-10(13)9-6-5-7-3-1-2-4-8(7)11-9/h1-6H2,(H,12,13). The molecular weight excluding hydrogens is 166 g/mol. The van der Waals surface area contributed by atoms with Crippen molar-refractivity contribution >= 4 is 11.7 Å². The van der Waals surface area contributed by atoms with Gasteiger partial charge in [0.05, 0.1) is 0 Å². The first-order valence-corrected chi connectivity index (χ1v) is 4.79. The number of carbonyl (C=O) groups is 1. The highest BCUT2D eigenvalue weighted by atomic mass is 16.4. The second-order valence-corrected chi connectivity index (χ2v) is 3.62. The van der Waals surface area contributed by atoms with Crippen LogP contribution in [-0.4, -0.2) is 16.8 Å². The number of aliphatic carboxylic acids is 1. The van der Waals surface area contributed by atoms with Gasteiger partial charge >= 0.3 is 5.97 Å². The van der Waals surface area contributed by atoms with E-state index in [1.54, 1.807) is 0 Å². The van der Waals surface area contributed by atoms with Crippen LogP contribution in [0.15, 0.2) is 16.3 Å². The third kappa shape index (κ3) is 1.64. The van der Waals surface area contributed by atoms with Gasteiger partial charge in [-0.3, -0.25) is 4.99 Å². The maximum atomic E-state index is 10.7. The molecule has 13 heavy (non-hydrogen) atoms. The molecule has 3 nitrogen and oxygen atoms in total. The summed E-state index contributed by atoms with van der Waals surface area (Å²) in [6.07, 6.45) is 6.05. The smallest absolute Gasteiger partial charge is 0.350 e. The van der Waals surface area contributed by atoms with E-state index in [0.29, 0.717) is 12.1 Å². The molecule has 0 fully saturated rings. The zero-order valence-electron chi connectivity index (χ0n) is 7.55. The molecule has 1 aliphatic carbocycles. The summed E-state index contributed by atoms with van der Waals surface area (Å²) in [6.45, 7) is 0. The minimum absolute atomic E-state index is 0.348. The first kappa shape index (κ1) is 8.48. The van der Waals surface area contributed by atoms with Crippen LogP contribution in [-0.2, 0) is 4.79 Å². The molecule has 1 N–H and O–H groups in total. The fourth-order valence-corrected chi connectivity index (χ4v) is 2.00. The molecule has 0 aromatic carbocycles. The molecule has 0 aromatic heterocycles. The molecule has 0 amide bonds. The van der Waals surface area contributed by atoms with Crippen molar-refractivity contribution in [3.05, 3.63) is 11.3 Å². The molecule has 2 rings (SSSR count). The van der Waals surface area contributed by atoms with E-state index in [2.05, 4.69) is 4.99 Å². The van der Waals surface area contributed by atoms with Gasteiger partial charge < -0.3 is 5.11 Å². The van der Waals surface area contributed by atoms with E-state index in [1.807, 2.05) is 0 Å². The van der Waals surface area contributed by atoms with E-state index in [4.69, 9.17) is 5.11 Å². The molecule has 0 aromatic rings. The summed E-state index contributed by atoms with van der Waals surface area (Å²) in [5.41, 5.74) is 2.81. The zero-order valence-corrected chi connectivity index (χ0v) is 7.55. The highest BCUT2D eigenvalue weighted by Gasteiger charge is 2.20. The number of nitrogens with zero attached hydrogens (tertiary/aromatic N) is 1. The summed E-state index contributed by atoms with van der Waals surface area (Å²) in [6, 6.07) is 0. The van der Waals surface area contributed by atoms with Crippen LogP contribution >= 0.6 is 0 Å². The van der Waals surface area contributed by atoms with Crippen molar-refractivity contribution in [3.8, 4) is 0 Å². The Morgan fingerprint density at radius 3 is 2.69 bits per heavy atom. The van der Waals surface area contributed by atoms with Crippen LogP contribution in [0.5, 0.6) is 0 Å². The Hall–Kier alpha value is -1.12. The van der Waals surface area contributed by atoms with E-state index in [1.165, 1.54) is 12.0 Å². The predicted molar refractivity (Wildman–Crippen MR) is 49.8 cm³/mol. The normalized spacial score (nSPS) is 22.3. The predicted octanol–water partition coefficient (Wildman–Crippen LogP) is 2.13. The van der Waals surface area contributed by atoms with Gasteiger partial charge in [-0.1, -0.05) is 0 Å². The summed E-state index contributed by atoms with van der Waals surface area (Å²) < 4.78 is 0. The van der Waals surface area contributed by atoms with Crippen molar-refractivity contribution in [1.82, 2.24) is 0 Å². The molecular formula is C10H13NO2. The molecule has 2 aliphatic rings. The summed E-state index contributed by atoms with van der Waals surface area (Å²) in [4.78, 5) is 14.9. The Bertz CT molecular complexity index is 302. The molecule has 1 aliphatic heterocycles. The summed E-state index contributed by atoms with van der Waals surface area (Å²) in [7, 11) is 0. The van der Waals surface area contributed by atoms with E-state index in [0.717, 1.165) is 31.4 Å². The summed E-state index contributed by atoms with van der Waals surface area (Å²) >= 11 is 0. The minimum atomic E-state index is -0.850. The van der Waals surface area contributed by atoms with E-state index >= 15 is 0 Å². The van der Waals surface area contributed by atoms with Crippen LogP contribution in [0.3, 0.4) is 0 Å². The number of rotatable bonds is 1. The fraction of sp³-hybridized carbons (Fsp3) is 0.600. The lowest BCUT2D eigenvalue weighted by molar-refractivity contribution is -0.129. The van der Waals surface area contributed by atoms with Crippen molar-refractivity contribution in [2.75, 3.05) is 0 Å². The third-order valence-corrected chi connectivity index (χ3v) is 2.73. The van der Waals surface area contributed by atoms with Crippen LogP contribution in [0.1, 0.15) is 38.5 Å². The van der Waals surface area contributed by atoms with Gasteiger partial charge in [0.2, 0.25) is 0 Å². The Balaban J connectivity index is 2.25. The first-order valence-electron chi connectivity index (χ1n) is 4.79. The van der Waals surface area contributed by atoms with Gasteiger partial charge in [0, 0.05) is 12.1 Å². The maximum Gasteiger partial charge on any atom is 0.350 e. The summed E-state index contributed by atoms with van der Waals surface area (Å²) in [5.74, 6) is -0.850. The Labute approximate surface area is 77.2 Å². The van der Waals surface area contributed by atoms with Gasteiger partial charge in [0.15, 0.2) is 0 Å². The molecule has 0 unspecified atom stereocenters. The molecule has 0 saturated carbocycles. The quantitative estimate of drug-likeness (QED) is 0.670. The van der Waals surface area contributed by atoms with Gasteiger partial charge in [-0.2, -0.15) is 0 Å². The van der Waals surface area contributed by atoms with Crippen molar-refractivity contribution < 1.29 is 9.90 Å². The average Bonchev–Trinajstić information content (AvgIpc) is 2.17. The van der Waals surface area contributed by atoms with Crippen LogP contribution in [0.4, 0.5) is 0 Å². The zero-order chi connectivity index (χ0) is 9.26. The number of hydrogen-bond donors (Lipinski definition) is 1. The van der Waals surface area contributed by atoms with Crippen LogP contribution < -0.4 is 0 Å². The van der Waals surface area contributed by atoms with E-state index in [9.17, 15) is 4.79 Å². The van der Waals surface area contributed by atoms with Crippen molar-refractivity contribution in [1.29, 1.82) is 0 Å².